The van der Waals surface area contributed by atoms with E-state index in [0.29, 0.717) is 22.6 Å². The van der Waals surface area contributed by atoms with Crippen LogP contribution in [0.2, 0.25) is 0 Å². The summed E-state index contributed by atoms with van der Waals surface area (Å²) in [5.74, 6) is -0.223. The minimum absolute atomic E-state index is 0.0753. The van der Waals surface area contributed by atoms with Crippen molar-refractivity contribution in [2.45, 2.75) is 82.8 Å². The Kier molecular flexibility index (Phi) is 10.1. The van der Waals surface area contributed by atoms with E-state index in [2.05, 4.69) is 31.8 Å². The zero-order chi connectivity index (χ0) is 32.0. The first-order valence-electron chi connectivity index (χ1n) is 15.5. The number of anilines is 1. The van der Waals surface area contributed by atoms with Crippen molar-refractivity contribution < 1.29 is 19.0 Å². The summed E-state index contributed by atoms with van der Waals surface area (Å²) in [6, 6.07) is 9.42. The Labute approximate surface area is 262 Å². The first-order valence-corrected chi connectivity index (χ1v) is 15.5. The molecule has 11 nitrogen and oxygen atoms in total. The number of nitrogens with two attached hydrogens (primary N) is 1. The number of halogens is 1. The van der Waals surface area contributed by atoms with Gasteiger partial charge in [-0.1, -0.05) is 0 Å². The Morgan fingerprint density at radius 1 is 1.27 bits per heavy atom. The fourth-order valence-corrected chi connectivity index (χ4v) is 5.76. The van der Waals surface area contributed by atoms with Crippen LogP contribution in [0.3, 0.4) is 0 Å². The van der Waals surface area contributed by atoms with Gasteiger partial charge in [0.1, 0.15) is 18.5 Å². The van der Waals surface area contributed by atoms with Gasteiger partial charge in [0.2, 0.25) is 0 Å². The first-order chi connectivity index (χ1) is 21.7. The number of ether oxygens (including phenoxy) is 1. The lowest BCUT2D eigenvalue weighted by atomic mass is 9.82. The molecule has 3 aromatic rings. The molecule has 12 heteroatoms. The zero-order valence-corrected chi connectivity index (χ0v) is 25.7. The Balaban J connectivity index is 1.34. The molecule has 2 fully saturated rings. The summed E-state index contributed by atoms with van der Waals surface area (Å²) in [7, 11) is 0. The normalized spacial score (nSPS) is 21.8. The number of hydrogen-bond acceptors (Lipinski definition) is 9. The maximum Gasteiger partial charge on any atom is 0.255 e. The quantitative estimate of drug-likeness (QED) is 0.242. The van der Waals surface area contributed by atoms with Gasteiger partial charge in [-0.25, -0.2) is 8.91 Å². The van der Waals surface area contributed by atoms with Crippen molar-refractivity contribution in [3.05, 3.63) is 59.6 Å². The summed E-state index contributed by atoms with van der Waals surface area (Å²) < 4.78 is 21.9. The third kappa shape index (κ3) is 7.85. The minimum Gasteiger partial charge on any atom is -0.404 e. The molecule has 2 atom stereocenters. The molecule has 1 saturated heterocycles. The first kappa shape index (κ1) is 32.1. The largest absolute Gasteiger partial charge is 0.404 e. The monoisotopic (exact) mass is 616 g/mol. The fraction of sp³-hybridized carbons (Fsp3) is 0.485. The Morgan fingerprint density at radius 3 is 2.76 bits per heavy atom. The molecule has 3 aromatic heterocycles. The van der Waals surface area contributed by atoms with Crippen LogP contribution < -0.4 is 16.4 Å². The number of aliphatic hydroxyl groups is 1. The maximum atomic E-state index is 14.4. The summed E-state index contributed by atoms with van der Waals surface area (Å²) in [4.78, 5) is 22.5. The van der Waals surface area contributed by atoms with E-state index < -0.39 is 17.7 Å². The van der Waals surface area contributed by atoms with E-state index in [1.165, 1.54) is 26.2 Å². The van der Waals surface area contributed by atoms with Gasteiger partial charge in [-0.05, 0) is 101 Å². The number of amides is 1. The van der Waals surface area contributed by atoms with Gasteiger partial charge in [-0.2, -0.15) is 10.4 Å². The molecule has 0 radical (unpaired) electrons. The maximum absolute atomic E-state index is 14.4. The van der Waals surface area contributed by atoms with E-state index >= 15 is 0 Å². The number of aliphatic imine (C=N–C) groups is 1. The summed E-state index contributed by atoms with van der Waals surface area (Å²) in [5.41, 5.74) is 8.71. The molecule has 1 aliphatic carbocycles. The number of rotatable bonds is 10. The van der Waals surface area contributed by atoms with E-state index in [4.69, 9.17) is 10.5 Å². The van der Waals surface area contributed by atoms with Crippen molar-refractivity contribution in [1.82, 2.24) is 19.9 Å². The number of aromatic nitrogens is 3. The SMILES string of the molecule is CC(C)(O)C(F)CNC(=O)c1cnc(-c2ccc3cc(C#N)cnn23)cc1NC1CCC(C(C=NC2CCCCO2)=CN)CC1. The fourth-order valence-electron chi connectivity index (χ4n) is 5.76. The number of alkyl halides is 1. The average molecular weight is 617 g/mol. The van der Waals surface area contributed by atoms with Crippen molar-refractivity contribution in [1.29, 1.82) is 5.26 Å². The van der Waals surface area contributed by atoms with Gasteiger partial charge in [-0.3, -0.25) is 14.8 Å². The number of fused-ring (bicyclic) bond motifs is 1. The second kappa shape index (κ2) is 14.2. The molecule has 4 heterocycles. The van der Waals surface area contributed by atoms with Crippen LogP contribution >= 0.6 is 0 Å². The van der Waals surface area contributed by atoms with Gasteiger partial charge in [-0.15, -0.1) is 0 Å². The molecule has 1 aliphatic heterocycles. The summed E-state index contributed by atoms with van der Waals surface area (Å²) in [6.45, 7) is 3.12. The standard InChI is InChI=1S/C33H41FN8O3/c1-33(2,44)30(34)20-39-32(43)26-19-37-28(29-11-10-25-13-21(15-35)17-40-42(25)29)14-27(26)41-24-8-6-22(7-9-24)23(16-36)18-38-31-5-3-4-12-45-31/h10-11,13-14,16-19,22,24,30-31,44H,3-9,12,20,36H2,1-2H3,(H,37,41)(H,39,43). The van der Waals surface area contributed by atoms with Gasteiger partial charge in [0.05, 0.1) is 52.1 Å². The number of pyridine rings is 1. The molecule has 5 rings (SSSR count). The molecule has 2 unspecified atom stereocenters. The molecule has 45 heavy (non-hydrogen) atoms. The number of nitrogens with zero attached hydrogens (tertiary/aromatic N) is 5. The molecule has 0 bridgehead atoms. The van der Waals surface area contributed by atoms with Gasteiger partial charge in [0, 0.05) is 25.1 Å². The highest BCUT2D eigenvalue weighted by molar-refractivity contribution is 6.00. The third-order valence-electron chi connectivity index (χ3n) is 8.55. The van der Waals surface area contributed by atoms with Crippen LogP contribution in [0, 0.1) is 17.2 Å². The number of carbonyl (C=O) groups excluding carboxylic acids is 1. The lowest BCUT2D eigenvalue weighted by Crippen LogP contribution is -2.42. The summed E-state index contributed by atoms with van der Waals surface area (Å²) >= 11 is 0. The van der Waals surface area contributed by atoms with Gasteiger partial charge < -0.3 is 26.2 Å². The van der Waals surface area contributed by atoms with E-state index in [-0.39, 0.29) is 30.3 Å². The zero-order valence-electron chi connectivity index (χ0n) is 25.7. The third-order valence-corrected chi connectivity index (χ3v) is 8.55. The molecule has 238 valence electrons. The van der Waals surface area contributed by atoms with Crippen molar-refractivity contribution in [3.63, 3.8) is 0 Å². The molecule has 0 aromatic carbocycles. The lowest BCUT2D eigenvalue weighted by molar-refractivity contribution is -0.00178. The second-order valence-corrected chi connectivity index (χ2v) is 12.3. The molecule has 1 saturated carbocycles. The smallest absolute Gasteiger partial charge is 0.255 e. The van der Waals surface area contributed by atoms with E-state index in [9.17, 15) is 19.6 Å². The Hall–Kier alpha value is -4.34. The van der Waals surface area contributed by atoms with Crippen LogP contribution in [0.4, 0.5) is 10.1 Å². The average Bonchev–Trinajstić information content (AvgIpc) is 3.47. The second-order valence-electron chi connectivity index (χ2n) is 12.3. The molecule has 0 spiro atoms. The van der Waals surface area contributed by atoms with Crippen molar-refractivity contribution in [2.24, 2.45) is 16.6 Å². The number of hydrogen-bond donors (Lipinski definition) is 4. The van der Waals surface area contributed by atoms with Crippen LogP contribution in [0.15, 0.2) is 53.4 Å². The van der Waals surface area contributed by atoms with Gasteiger partial charge >= 0.3 is 0 Å². The van der Waals surface area contributed by atoms with E-state index in [1.807, 2.05) is 18.3 Å². The topological polar surface area (TPSA) is 163 Å². The number of nitriles is 1. The Bertz CT molecular complexity index is 1590. The number of nitrogens with one attached hydrogen (secondary N) is 2. The van der Waals surface area contributed by atoms with E-state index in [1.54, 1.807) is 22.8 Å². The Morgan fingerprint density at radius 2 is 2.07 bits per heavy atom. The van der Waals surface area contributed by atoms with E-state index in [0.717, 1.165) is 62.6 Å². The summed E-state index contributed by atoms with van der Waals surface area (Å²) in [6.07, 6.45) is 11.3. The predicted molar refractivity (Wildman–Crippen MR) is 170 cm³/mol. The van der Waals surface area contributed by atoms with Crippen molar-refractivity contribution in [2.75, 3.05) is 18.5 Å². The van der Waals surface area contributed by atoms with Crippen LogP contribution in [0.5, 0.6) is 0 Å². The van der Waals surface area contributed by atoms with Gasteiger partial charge in [0.15, 0.2) is 0 Å². The molecular formula is C33H41FN8O3. The predicted octanol–water partition coefficient (Wildman–Crippen LogP) is 4.52. The molecule has 5 N–H and O–H groups in total. The highest BCUT2D eigenvalue weighted by Gasteiger charge is 2.28. The van der Waals surface area contributed by atoms with Crippen LogP contribution in [0.1, 0.15) is 74.7 Å². The van der Waals surface area contributed by atoms with Crippen LogP contribution in [0.25, 0.3) is 16.9 Å². The molecule has 1 amide bonds. The number of carbonyl (C=O) groups is 1. The van der Waals surface area contributed by atoms with Crippen molar-refractivity contribution in [3.8, 4) is 17.5 Å². The highest BCUT2D eigenvalue weighted by atomic mass is 19.1. The molecule has 2 aliphatic rings. The van der Waals surface area contributed by atoms with Gasteiger partial charge in [0.25, 0.3) is 5.91 Å². The lowest BCUT2D eigenvalue weighted by Gasteiger charge is -2.31. The molecular weight excluding hydrogens is 575 g/mol. The highest BCUT2D eigenvalue weighted by Crippen LogP contribution is 2.33. The van der Waals surface area contributed by atoms with Crippen LogP contribution in [-0.4, -0.2) is 69.0 Å². The van der Waals surface area contributed by atoms with Crippen LogP contribution in [-0.2, 0) is 4.74 Å². The van der Waals surface area contributed by atoms with Crippen molar-refractivity contribution >= 4 is 23.3 Å². The number of allylic oxidation sites excluding steroid dienone is 1. The minimum atomic E-state index is -1.64. The summed E-state index contributed by atoms with van der Waals surface area (Å²) in [5, 5.41) is 29.8.